The molecule has 1 unspecified atom stereocenters. The molecule has 1 aliphatic carbocycles. The van der Waals surface area contributed by atoms with E-state index in [2.05, 4.69) is 48.2 Å². The lowest BCUT2D eigenvalue weighted by Crippen LogP contribution is -2.37. The molecule has 4 heteroatoms. The molecule has 0 amide bonds. The van der Waals surface area contributed by atoms with E-state index in [1.165, 1.54) is 5.56 Å². The number of hydrogen-bond donors (Lipinski definition) is 2. The van der Waals surface area contributed by atoms with Crippen LogP contribution in [0.15, 0.2) is 18.3 Å². The van der Waals surface area contributed by atoms with Gasteiger partial charge in [0.2, 0.25) is 0 Å². The highest BCUT2D eigenvalue weighted by molar-refractivity contribution is 5.41. The number of aromatic nitrogens is 1. The first-order valence-corrected chi connectivity index (χ1v) is 7.18. The Balaban J connectivity index is 1.97. The second-order valence-corrected chi connectivity index (χ2v) is 5.60. The van der Waals surface area contributed by atoms with Crippen molar-refractivity contribution in [3.63, 3.8) is 0 Å². The number of anilines is 1. The second kappa shape index (κ2) is 6.35. The summed E-state index contributed by atoms with van der Waals surface area (Å²) >= 11 is 0. The molecule has 0 radical (unpaired) electrons. The lowest BCUT2D eigenvalue weighted by Gasteiger charge is -2.35. The fraction of sp³-hybridized carbons (Fsp3) is 0.667. The normalized spacial score (nSPS) is 23.8. The molecule has 2 rings (SSSR count). The average Bonchev–Trinajstić information content (AvgIpc) is 2.37. The molecule has 1 aromatic rings. The summed E-state index contributed by atoms with van der Waals surface area (Å²) in [7, 11) is 2.08. The molecule has 1 heterocycles. The molecule has 1 fully saturated rings. The van der Waals surface area contributed by atoms with Gasteiger partial charge in [0.25, 0.3) is 0 Å². The Morgan fingerprint density at radius 2 is 2.26 bits per heavy atom. The predicted octanol–water partition coefficient (Wildman–Crippen LogP) is 1.96. The van der Waals surface area contributed by atoms with Crippen LogP contribution in [0.5, 0.6) is 0 Å². The summed E-state index contributed by atoms with van der Waals surface area (Å²) in [5, 5.41) is 12.8. The van der Waals surface area contributed by atoms with Crippen molar-refractivity contribution >= 4 is 5.82 Å². The van der Waals surface area contributed by atoms with E-state index in [1.807, 2.05) is 6.20 Å². The minimum atomic E-state index is -0.0773. The average molecular weight is 263 g/mol. The molecule has 0 aromatic carbocycles. The minimum Gasteiger partial charge on any atom is -0.393 e. The number of hydrogen-bond acceptors (Lipinski definition) is 4. The maximum Gasteiger partial charge on any atom is 0.128 e. The Hall–Kier alpha value is -1.13. The van der Waals surface area contributed by atoms with Crippen molar-refractivity contribution in [1.82, 2.24) is 10.3 Å². The van der Waals surface area contributed by atoms with E-state index < -0.39 is 0 Å². The molecular formula is C15H25N3O. The van der Waals surface area contributed by atoms with Crippen LogP contribution >= 0.6 is 0 Å². The van der Waals surface area contributed by atoms with Gasteiger partial charge in [-0.25, -0.2) is 4.98 Å². The van der Waals surface area contributed by atoms with Gasteiger partial charge in [-0.05, 0) is 49.9 Å². The first-order chi connectivity index (χ1) is 9.10. The Bertz CT molecular complexity index is 404. The van der Waals surface area contributed by atoms with Crippen LogP contribution in [0.25, 0.3) is 0 Å². The van der Waals surface area contributed by atoms with Crippen molar-refractivity contribution in [3.8, 4) is 0 Å². The number of aliphatic hydroxyl groups is 1. The van der Waals surface area contributed by atoms with Crippen molar-refractivity contribution in [1.29, 1.82) is 0 Å². The van der Waals surface area contributed by atoms with Gasteiger partial charge in [0.1, 0.15) is 5.82 Å². The largest absolute Gasteiger partial charge is 0.393 e. The lowest BCUT2D eigenvalue weighted by molar-refractivity contribution is 0.0464. The molecule has 0 saturated heterocycles. The van der Waals surface area contributed by atoms with Crippen LogP contribution in [0, 0.1) is 5.92 Å². The maximum atomic E-state index is 9.34. The molecule has 1 atom stereocenters. The van der Waals surface area contributed by atoms with Crippen LogP contribution in [0.1, 0.15) is 38.3 Å². The fourth-order valence-corrected chi connectivity index (χ4v) is 2.67. The fourth-order valence-electron chi connectivity index (χ4n) is 2.67. The van der Waals surface area contributed by atoms with Crippen molar-refractivity contribution in [2.75, 3.05) is 25.0 Å². The lowest BCUT2D eigenvalue weighted by atomic mass is 9.82. The summed E-state index contributed by atoms with van der Waals surface area (Å²) < 4.78 is 0. The van der Waals surface area contributed by atoms with Crippen LogP contribution in [0.4, 0.5) is 5.82 Å². The van der Waals surface area contributed by atoms with Gasteiger partial charge in [0.05, 0.1) is 6.10 Å². The van der Waals surface area contributed by atoms with Gasteiger partial charge < -0.3 is 15.3 Å². The van der Waals surface area contributed by atoms with Crippen LogP contribution in [0.3, 0.4) is 0 Å². The van der Waals surface area contributed by atoms with Crippen molar-refractivity contribution in [3.05, 3.63) is 23.9 Å². The third kappa shape index (κ3) is 3.67. The van der Waals surface area contributed by atoms with Crippen LogP contribution in [-0.4, -0.2) is 36.3 Å². The van der Waals surface area contributed by atoms with Gasteiger partial charge in [-0.1, -0.05) is 6.92 Å². The van der Waals surface area contributed by atoms with Gasteiger partial charge in [-0.3, -0.25) is 0 Å². The zero-order valence-corrected chi connectivity index (χ0v) is 12.1. The van der Waals surface area contributed by atoms with Crippen molar-refractivity contribution < 1.29 is 5.11 Å². The zero-order valence-electron chi connectivity index (χ0n) is 12.1. The highest BCUT2D eigenvalue weighted by Crippen LogP contribution is 2.29. The Kier molecular flexibility index (Phi) is 4.77. The maximum absolute atomic E-state index is 9.34. The van der Waals surface area contributed by atoms with Crippen LogP contribution < -0.4 is 10.2 Å². The number of nitrogens with one attached hydrogen (secondary N) is 1. The van der Waals surface area contributed by atoms with Crippen LogP contribution in [-0.2, 0) is 0 Å². The Labute approximate surface area is 115 Å². The van der Waals surface area contributed by atoms with Gasteiger partial charge >= 0.3 is 0 Å². The monoisotopic (exact) mass is 263 g/mol. The van der Waals surface area contributed by atoms with Crippen molar-refractivity contribution in [2.24, 2.45) is 5.92 Å². The third-order valence-corrected chi connectivity index (χ3v) is 3.91. The molecule has 19 heavy (non-hydrogen) atoms. The molecule has 1 saturated carbocycles. The highest BCUT2D eigenvalue weighted by Gasteiger charge is 2.28. The first kappa shape index (κ1) is 14.3. The number of rotatable bonds is 6. The summed E-state index contributed by atoms with van der Waals surface area (Å²) in [5.41, 5.74) is 1.27. The predicted molar refractivity (Wildman–Crippen MR) is 78.3 cm³/mol. The summed E-state index contributed by atoms with van der Waals surface area (Å²) in [6, 6.07) is 4.57. The van der Waals surface area contributed by atoms with Crippen molar-refractivity contribution in [2.45, 2.75) is 38.8 Å². The quantitative estimate of drug-likeness (QED) is 0.823. The van der Waals surface area contributed by atoms with Gasteiger partial charge in [-0.15, -0.1) is 0 Å². The summed E-state index contributed by atoms with van der Waals surface area (Å²) in [5.74, 6) is 1.63. The topological polar surface area (TPSA) is 48.4 Å². The summed E-state index contributed by atoms with van der Waals surface area (Å²) in [6.45, 7) is 6.23. The standard InChI is InChI=1S/C15H25N3O/c1-4-16-11(2)13-5-6-17-15(9-13)18(3)10-12-7-14(19)8-12/h5-6,9,11-12,14,16,19H,4,7-8,10H2,1-3H3. The number of pyridine rings is 1. The second-order valence-electron chi connectivity index (χ2n) is 5.60. The first-order valence-electron chi connectivity index (χ1n) is 7.18. The van der Waals surface area contributed by atoms with E-state index in [1.54, 1.807) is 0 Å². The van der Waals surface area contributed by atoms with Crippen LogP contribution in [0.2, 0.25) is 0 Å². The van der Waals surface area contributed by atoms with Gasteiger partial charge in [0.15, 0.2) is 0 Å². The van der Waals surface area contributed by atoms with E-state index in [0.717, 1.165) is 31.7 Å². The molecule has 0 bridgehead atoms. The van der Waals surface area contributed by atoms with E-state index in [4.69, 9.17) is 0 Å². The van der Waals surface area contributed by atoms with E-state index in [-0.39, 0.29) is 6.10 Å². The summed E-state index contributed by atoms with van der Waals surface area (Å²) in [6.07, 6.45) is 3.66. The van der Waals surface area contributed by atoms with E-state index in [9.17, 15) is 5.11 Å². The number of aliphatic hydroxyl groups excluding tert-OH is 1. The molecule has 0 spiro atoms. The molecule has 106 valence electrons. The SMILES string of the molecule is CCNC(C)c1ccnc(N(C)CC2CC(O)C2)c1. The van der Waals surface area contributed by atoms with Gasteiger partial charge in [0, 0.05) is 25.8 Å². The molecule has 1 aromatic heterocycles. The van der Waals surface area contributed by atoms with E-state index >= 15 is 0 Å². The molecule has 2 N–H and O–H groups in total. The summed E-state index contributed by atoms with van der Waals surface area (Å²) in [4.78, 5) is 6.64. The number of nitrogens with zero attached hydrogens (tertiary/aromatic N) is 2. The molecule has 0 aliphatic heterocycles. The third-order valence-electron chi connectivity index (χ3n) is 3.91. The van der Waals surface area contributed by atoms with E-state index in [0.29, 0.717) is 12.0 Å². The Morgan fingerprint density at radius 1 is 1.53 bits per heavy atom. The minimum absolute atomic E-state index is 0.0773. The smallest absolute Gasteiger partial charge is 0.128 e. The molecular weight excluding hydrogens is 238 g/mol. The molecule has 1 aliphatic rings. The Morgan fingerprint density at radius 3 is 2.89 bits per heavy atom. The highest BCUT2D eigenvalue weighted by atomic mass is 16.3. The zero-order chi connectivity index (χ0) is 13.8. The molecule has 4 nitrogen and oxygen atoms in total. The van der Waals surface area contributed by atoms with Gasteiger partial charge in [-0.2, -0.15) is 0 Å².